The van der Waals surface area contributed by atoms with E-state index in [1.807, 2.05) is 0 Å². The molecule has 4 fully saturated rings. The van der Waals surface area contributed by atoms with Crippen LogP contribution >= 0.6 is 15.9 Å². The van der Waals surface area contributed by atoms with E-state index in [1.165, 1.54) is 38.2 Å². The van der Waals surface area contributed by atoms with Crippen LogP contribution in [0.5, 0.6) is 0 Å². The van der Waals surface area contributed by atoms with Gasteiger partial charge in [0.25, 0.3) is 5.91 Å². The summed E-state index contributed by atoms with van der Waals surface area (Å²) in [7, 11) is 0. The average molecular weight is 352 g/mol. The fourth-order valence-corrected chi connectivity index (χ4v) is 5.62. The molecule has 1 aromatic carbocycles. The molecule has 1 N–H and O–H groups in total. The van der Waals surface area contributed by atoms with Crippen molar-refractivity contribution in [1.82, 2.24) is 5.32 Å². The van der Waals surface area contributed by atoms with Gasteiger partial charge >= 0.3 is 0 Å². The van der Waals surface area contributed by atoms with E-state index in [2.05, 4.69) is 21.2 Å². The highest BCUT2D eigenvalue weighted by molar-refractivity contribution is 9.10. The minimum absolute atomic E-state index is 0.145. The number of nitrogens with one attached hydrogen (secondary N) is 1. The van der Waals surface area contributed by atoms with Crippen molar-refractivity contribution in [3.8, 4) is 0 Å². The zero-order chi connectivity index (χ0) is 14.6. The summed E-state index contributed by atoms with van der Waals surface area (Å²) in [6, 6.07) is 4.92. The second kappa shape index (κ2) is 5.08. The van der Waals surface area contributed by atoms with Crippen molar-refractivity contribution < 1.29 is 9.18 Å². The molecule has 0 saturated heterocycles. The molecule has 0 spiro atoms. The second-order valence-electron chi connectivity index (χ2n) is 7.03. The van der Waals surface area contributed by atoms with Crippen molar-refractivity contribution >= 4 is 21.8 Å². The fourth-order valence-electron chi connectivity index (χ4n) is 5.10. The molecular formula is C17H19BrFNO. The number of hydrogen-bond acceptors (Lipinski definition) is 1. The number of halogens is 2. The standard InChI is InChI=1S/C17H19BrFNO/c18-13-2-1-3-14(19)15(13)17(21)20-16-11-5-9-4-10(7-11)8-12(16)6-9/h1-3,9-12,16H,4-8H2,(H,20,21). The number of benzene rings is 1. The van der Waals surface area contributed by atoms with E-state index in [-0.39, 0.29) is 17.5 Å². The van der Waals surface area contributed by atoms with E-state index in [0.717, 1.165) is 11.8 Å². The molecule has 4 aliphatic rings. The molecular weight excluding hydrogens is 333 g/mol. The maximum atomic E-state index is 13.9. The van der Waals surface area contributed by atoms with Gasteiger partial charge in [0.05, 0.1) is 5.56 Å². The van der Waals surface area contributed by atoms with Gasteiger partial charge in [-0.25, -0.2) is 4.39 Å². The van der Waals surface area contributed by atoms with Crippen molar-refractivity contribution in [1.29, 1.82) is 0 Å². The van der Waals surface area contributed by atoms with Crippen LogP contribution in [0.15, 0.2) is 22.7 Å². The first kappa shape index (κ1) is 13.7. The third-order valence-corrected chi connectivity index (χ3v) is 6.38. The number of rotatable bonds is 2. The number of hydrogen-bond donors (Lipinski definition) is 1. The molecule has 1 amide bonds. The van der Waals surface area contributed by atoms with Crippen molar-refractivity contribution in [3.05, 3.63) is 34.1 Å². The van der Waals surface area contributed by atoms with Crippen LogP contribution in [-0.2, 0) is 0 Å². The fraction of sp³-hybridized carbons (Fsp3) is 0.588. The summed E-state index contributed by atoms with van der Waals surface area (Å²) in [5, 5.41) is 3.15. The molecule has 0 radical (unpaired) electrons. The molecule has 21 heavy (non-hydrogen) atoms. The lowest BCUT2D eigenvalue weighted by Gasteiger charge is -2.54. The first-order chi connectivity index (χ1) is 10.1. The van der Waals surface area contributed by atoms with Gasteiger partial charge in [-0.15, -0.1) is 0 Å². The zero-order valence-electron chi connectivity index (χ0n) is 11.8. The van der Waals surface area contributed by atoms with Gasteiger partial charge in [0.15, 0.2) is 0 Å². The van der Waals surface area contributed by atoms with Crippen molar-refractivity contribution in [2.45, 2.75) is 38.1 Å². The highest BCUT2D eigenvalue weighted by Crippen LogP contribution is 2.53. The summed E-state index contributed by atoms with van der Waals surface area (Å²) in [5.41, 5.74) is 0.145. The summed E-state index contributed by atoms with van der Waals surface area (Å²) >= 11 is 3.29. The predicted molar refractivity (Wildman–Crippen MR) is 82.4 cm³/mol. The Bertz CT molecular complexity index is 540. The van der Waals surface area contributed by atoms with Crippen LogP contribution in [0.1, 0.15) is 42.5 Å². The van der Waals surface area contributed by atoms with Gasteiger partial charge in [0.1, 0.15) is 5.82 Å². The molecule has 0 aliphatic heterocycles. The topological polar surface area (TPSA) is 29.1 Å². The average Bonchev–Trinajstić information content (AvgIpc) is 2.42. The van der Waals surface area contributed by atoms with Gasteiger partial charge in [0, 0.05) is 10.5 Å². The number of carbonyl (C=O) groups excluding carboxylic acids is 1. The SMILES string of the molecule is O=C(NC1C2CC3CC(C2)CC1C3)c1c(F)cccc1Br. The van der Waals surface area contributed by atoms with Crippen LogP contribution in [0.4, 0.5) is 4.39 Å². The van der Waals surface area contributed by atoms with E-state index in [4.69, 9.17) is 0 Å². The zero-order valence-corrected chi connectivity index (χ0v) is 13.4. The molecule has 0 atom stereocenters. The van der Waals surface area contributed by atoms with Crippen molar-refractivity contribution in [2.24, 2.45) is 23.7 Å². The molecule has 0 aromatic heterocycles. The third kappa shape index (κ3) is 2.32. The Labute approximate surface area is 132 Å². The predicted octanol–water partition coefficient (Wildman–Crippen LogP) is 4.14. The molecule has 0 heterocycles. The number of amides is 1. The minimum atomic E-state index is -0.453. The summed E-state index contributed by atoms with van der Waals surface area (Å²) in [5.74, 6) is 2.25. The molecule has 4 bridgehead atoms. The van der Waals surface area contributed by atoms with Crippen LogP contribution in [0.2, 0.25) is 0 Å². The molecule has 1 aromatic rings. The smallest absolute Gasteiger partial charge is 0.255 e. The maximum Gasteiger partial charge on any atom is 0.255 e. The summed E-state index contributed by atoms with van der Waals surface area (Å²) in [4.78, 5) is 12.5. The van der Waals surface area contributed by atoms with Crippen molar-refractivity contribution in [3.63, 3.8) is 0 Å². The summed E-state index contributed by atoms with van der Waals surface area (Å²) in [6.07, 6.45) is 6.38. The Morgan fingerprint density at radius 1 is 1.10 bits per heavy atom. The van der Waals surface area contributed by atoms with Gasteiger partial charge in [-0.1, -0.05) is 6.07 Å². The lowest BCUT2D eigenvalue weighted by molar-refractivity contribution is -0.0120. The molecule has 2 nitrogen and oxygen atoms in total. The highest BCUT2D eigenvalue weighted by atomic mass is 79.9. The summed E-state index contributed by atoms with van der Waals surface area (Å²) in [6.45, 7) is 0. The van der Waals surface area contributed by atoms with Crippen LogP contribution in [0.3, 0.4) is 0 Å². The van der Waals surface area contributed by atoms with E-state index in [9.17, 15) is 9.18 Å². The van der Waals surface area contributed by atoms with Crippen LogP contribution in [0, 0.1) is 29.5 Å². The monoisotopic (exact) mass is 351 g/mol. The van der Waals surface area contributed by atoms with Gasteiger partial charge in [0.2, 0.25) is 0 Å². The first-order valence-corrected chi connectivity index (χ1v) is 8.66. The van der Waals surface area contributed by atoms with Crippen molar-refractivity contribution in [2.75, 3.05) is 0 Å². The Hall–Kier alpha value is -0.900. The van der Waals surface area contributed by atoms with Crippen LogP contribution < -0.4 is 5.32 Å². The van der Waals surface area contributed by atoms with Gasteiger partial charge in [-0.05, 0) is 83.8 Å². The molecule has 4 saturated carbocycles. The Morgan fingerprint density at radius 3 is 2.29 bits per heavy atom. The van der Waals surface area contributed by atoms with E-state index in [0.29, 0.717) is 16.3 Å². The number of carbonyl (C=O) groups is 1. The Morgan fingerprint density at radius 2 is 1.71 bits per heavy atom. The Balaban J connectivity index is 1.55. The van der Waals surface area contributed by atoms with Gasteiger partial charge in [-0.3, -0.25) is 4.79 Å². The third-order valence-electron chi connectivity index (χ3n) is 5.71. The molecule has 4 aliphatic carbocycles. The molecule has 4 heteroatoms. The van der Waals surface area contributed by atoms with E-state index >= 15 is 0 Å². The van der Waals surface area contributed by atoms with Gasteiger partial charge in [-0.2, -0.15) is 0 Å². The molecule has 112 valence electrons. The quantitative estimate of drug-likeness (QED) is 0.852. The lowest BCUT2D eigenvalue weighted by Crippen LogP contribution is -2.55. The second-order valence-corrected chi connectivity index (χ2v) is 7.88. The largest absolute Gasteiger partial charge is 0.349 e. The first-order valence-electron chi connectivity index (χ1n) is 7.86. The van der Waals surface area contributed by atoms with Gasteiger partial charge < -0.3 is 5.32 Å². The molecule has 5 rings (SSSR count). The van der Waals surface area contributed by atoms with Crippen LogP contribution in [0.25, 0.3) is 0 Å². The Kier molecular flexibility index (Phi) is 3.32. The normalized spacial score (nSPS) is 36.8. The highest BCUT2D eigenvalue weighted by Gasteiger charge is 2.48. The maximum absolute atomic E-state index is 13.9. The van der Waals surface area contributed by atoms with Crippen LogP contribution in [-0.4, -0.2) is 11.9 Å². The molecule has 0 unspecified atom stereocenters. The lowest BCUT2D eigenvalue weighted by atomic mass is 9.54. The summed E-state index contributed by atoms with van der Waals surface area (Å²) < 4.78 is 14.5. The minimum Gasteiger partial charge on any atom is -0.349 e. The van der Waals surface area contributed by atoms with E-state index < -0.39 is 5.82 Å². The van der Waals surface area contributed by atoms with E-state index in [1.54, 1.807) is 12.1 Å².